The Kier molecular flexibility index (Phi) is 8.87. The molecule has 7 rings (SSSR count). The van der Waals surface area contributed by atoms with Crippen molar-refractivity contribution in [1.82, 2.24) is 24.8 Å². The zero-order chi connectivity index (χ0) is 32.2. The number of hydrogen-bond donors (Lipinski definition) is 3. The summed E-state index contributed by atoms with van der Waals surface area (Å²) >= 11 is 1.73. The second-order valence-corrected chi connectivity index (χ2v) is 12.8. The van der Waals surface area contributed by atoms with Crippen LogP contribution in [-0.2, 0) is 22.6 Å². The van der Waals surface area contributed by atoms with Gasteiger partial charge in [0.25, 0.3) is 0 Å². The van der Waals surface area contributed by atoms with E-state index >= 15 is 0 Å². The number of carbonyl (C=O) groups is 2. The van der Waals surface area contributed by atoms with Crippen LogP contribution in [-0.4, -0.2) is 56.2 Å². The van der Waals surface area contributed by atoms with Crippen molar-refractivity contribution in [2.75, 3.05) is 34.4 Å². The molecule has 2 aliphatic rings. The van der Waals surface area contributed by atoms with Gasteiger partial charge < -0.3 is 25.4 Å². The maximum atomic E-state index is 12.8. The Morgan fingerprint density at radius 1 is 0.894 bits per heavy atom. The van der Waals surface area contributed by atoms with Gasteiger partial charge >= 0.3 is 0 Å². The molecule has 0 bridgehead atoms. The summed E-state index contributed by atoms with van der Waals surface area (Å²) in [7, 11) is 0. The Morgan fingerprint density at radius 3 is 2.49 bits per heavy atom. The molecule has 11 heteroatoms. The molecule has 47 heavy (non-hydrogen) atoms. The summed E-state index contributed by atoms with van der Waals surface area (Å²) < 4.78 is 2.22. The van der Waals surface area contributed by atoms with Crippen molar-refractivity contribution in [2.24, 2.45) is 0 Å². The molecule has 2 aromatic heterocycles. The van der Waals surface area contributed by atoms with E-state index in [9.17, 15) is 9.59 Å². The van der Waals surface area contributed by atoms with Crippen molar-refractivity contribution in [2.45, 2.75) is 43.9 Å². The fourth-order valence-corrected chi connectivity index (χ4v) is 7.13. The second-order valence-electron chi connectivity index (χ2n) is 11.8. The second kappa shape index (κ2) is 13.7. The number of thioether (sulfide) groups is 1. The molecule has 238 valence electrons. The fraction of sp³-hybridized carbons (Fsp3) is 0.250. The molecule has 0 spiro atoms. The van der Waals surface area contributed by atoms with Crippen LogP contribution in [0.15, 0.2) is 96.3 Å². The van der Waals surface area contributed by atoms with Crippen LogP contribution in [0.3, 0.4) is 0 Å². The van der Waals surface area contributed by atoms with Gasteiger partial charge in [-0.15, -0.1) is 0 Å². The Bertz CT molecular complexity index is 1890. The lowest BCUT2D eigenvalue weighted by Gasteiger charge is -2.33. The lowest BCUT2D eigenvalue weighted by atomic mass is 10.0. The first-order valence-electron chi connectivity index (χ1n) is 15.9. The predicted molar refractivity (Wildman–Crippen MR) is 187 cm³/mol. The van der Waals surface area contributed by atoms with Crippen LogP contribution in [0.25, 0.3) is 22.6 Å². The molecular formula is C36H36N8O2S. The first-order valence-corrected chi connectivity index (χ1v) is 16.9. The van der Waals surface area contributed by atoms with Crippen LogP contribution >= 0.6 is 11.8 Å². The normalized spacial score (nSPS) is 14.4. The Balaban J connectivity index is 1.08. The van der Waals surface area contributed by atoms with E-state index in [1.54, 1.807) is 24.9 Å². The summed E-state index contributed by atoms with van der Waals surface area (Å²) in [4.78, 5) is 41.0. The maximum absolute atomic E-state index is 12.8. The van der Waals surface area contributed by atoms with E-state index in [1.807, 2.05) is 72.8 Å². The van der Waals surface area contributed by atoms with Crippen LogP contribution in [0.4, 0.5) is 23.0 Å². The maximum Gasteiger partial charge on any atom is 0.228 e. The molecule has 3 aromatic carbocycles. The van der Waals surface area contributed by atoms with Crippen molar-refractivity contribution in [3.05, 3.63) is 96.7 Å². The largest absolute Gasteiger partial charge is 0.371 e. The molecular weight excluding hydrogens is 609 g/mol. The number of benzene rings is 3. The summed E-state index contributed by atoms with van der Waals surface area (Å²) in [5, 5.41) is 10.4. The molecule has 0 saturated carbocycles. The predicted octanol–water partition coefficient (Wildman–Crippen LogP) is 6.14. The van der Waals surface area contributed by atoms with Crippen molar-refractivity contribution >= 4 is 46.6 Å². The standard InChI is InChI=1S/C36H36N8O2S/c1-24(45)38-28-15-18-43(19-16-28)30-12-10-27(11-13-30)40-35-37-17-14-31(41-35)34-33(42-36-44(34)20-21-47-36)26-8-5-9-29(23-26)39-32(46)22-25-6-3-2-4-7-25/h2-14,17,23,28H,15-16,18-22H2,1H3,(H,38,45)(H,39,46)(H,37,40,41). The van der Waals surface area contributed by atoms with Gasteiger partial charge in [0.15, 0.2) is 5.16 Å². The van der Waals surface area contributed by atoms with E-state index in [-0.39, 0.29) is 17.9 Å². The summed E-state index contributed by atoms with van der Waals surface area (Å²) in [6.45, 7) is 4.23. The van der Waals surface area contributed by atoms with Crippen LogP contribution in [0.2, 0.25) is 0 Å². The summed E-state index contributed by atoms with van der Waals surface area (Å²) in [6.07, 6.45) is 3.95. The number of piperidine rings is 1. The molecule has 0 atom stereocenters. The molecule has 0 radical (unpaired) electrons. The first kappa shape index (κ1) is 30.5. The minimum atomic E-state index is -0.0671. The van der Waals surface area contributed by atoms with Crippen LogP contribution < -0.4 is 20.9 Å². The van der Waals surface area contributed by atoms with Gasteiger partial charge in [0, 0.05) is 67.2 Å². The molecule has 0 unspecified atom stereocenters. The number of rotatable bonds is 9. The third-order valence-corrected chi connectivity index (χ3v) is 9.35. The number of nitrogens with one attached hydrogen (secondary N) is 3. The highest BCUT2D eigenvalue weighted by Gasteiger charge is 2.25. The average molecular weight is 645 g/mol. The molecule has 2 aliphatic heterocycles. The number of carbonyl (C=O) groups excluding carboxylic acids is 2. The summed E-state index contributed by atoms with van der Waals surface area (Å²) in [5.74, 6) is 1.42. The number of amides is 2. The fourth-order valence-electron chi connectivity index (χ4n) is 6.17. The van der Waals surface area contributed by atoms with Gasteiger partial charge in [0.1, 0.15) is 0 Å². The highest BCUT2D eigenvalue weighted by molar-refractivity contribution is 7.99. The smallest absolute Gasteiger partial charge is 0.228 e. The third-order valence-electron chi connectivity index (χ3n) is 8.40. The highest BCUT2D eigenvalue weighted by atomic mass is 32.2. The Hall–Kier alpha value is -5.16. The van der Waals surface area contributed by atoms with E-state index < -0.39 is 0 Å². The molecule has 1 saturated heterocycles. The number of nitrogens with zero attached hydrogens (tertiary/aromatic N) is 5. The molecule has 5 aromatic rings. The van der Waals surface area contributed by atoms with Crippen molar-refractivity contribution in [1.29, 1.82) is 0 Å². The van der Waals surface area contributed by atoms with E-state index in [4.69, 9.17) is 9.97 Å². The van der Waals surface area contributed by atoms with E-state index in [0.717, 1.165) is 88.7 Å². The minimum absolute atomic E-state index is 0.0345. The monoisotopic (exact) mass is 644 g/mol. The lowest BCUT2D eigenvalue weighted by Crippen LogP contribution is -2.44. The molecule has 3 N–H and O–H groups in total. The van der Waals surface area contributed by atoms with Gasteiger partial charge in [-0.2, -0.15) is 0 Å². The van der Waals surface area contributed by atoms with Crippen LogP contribution in [0.5, 0.6) is 0 Å². The minimum Gasteiger partial charge on any atom is -0.371 e. The number of aromatic nitrogens is 4. The van der Waals surface area contributed by atoms with Gasteiger partial charge in [0.2, 0.25) is 17.8 Å². The van der Waals surface area contributed by atoms with Gasteiger partial charge in [-0.05, 0) is 60.9 Å². The quantitative estimate of drug-likeness (QED) is 0.175. The van der Waals surface area contributed by atoms with E-state index in [1.165, 1.54) is 0 Å². The Morgan fingerprint density at radius 2 is 1.70 bits per heavy atom. The molecule has 2 amide bonds. The molecule has 4 heterocycles. The average Bonchev–Trinajstić information content (AvgIpc) is 3.68. The molecule has 0 aliphatic carbocycles. The van der Waals surface area contributed by atoms with Gasteiger partial charge in [-0.3, -0.25) is 9.59 Å². The van der Waals surface area contributed by atoms with Crippen molar-refractivity contribution in [3.63, 3.8) is 0 Å². The van der Waals surface area contributed by atoms with Crippen molar-refractivity contribution in [3.8, 4) is 22.6 Å². The van der Waals surface area contributed by atoms with Crippen LogP contribution in [0, 0.1) is 0 Å². The third kappa shape index (κ3) is 7.15. The zero-order valence-electron chi connectivity index (χ0n) is 26.1. The van der Waals surface area contributed by atoms with Gasteiger partial charge in [0.05, 0.1) is 23.5 Å². The molecule has 1 fully saturated rings. The van der Waals surface area contributed by atoms with Crippen molar-refractivity contribution < 1.29 is 9.59 Å². The lowest BCUT2D eigenvalue weighted by molar-refractivity contribution is -0.119. The van der Waals surface area contributed by atoms with Crippen LogP contribution in [0.1, 0.15) is 25.3 Å². The number of anilines is 4. The van der Waals surface area contributed by atoms with Gasteiger partial charge in [-0.1, -0.05) is 54.2 Å². The highest BCUT2D eigenvalue weighted by Crippen LogP contribution is 2.39. The number of hydrogen-bond acceptors (Lipinski definition) is 8. The zero-order valence-corrected chi connectivity index (χ0v) is 27.0. The SMILES string of the molecule is CC(=O)NC1CCN(c2ccc(Nc3nccc(-c4c(-c5cccc(NC(=O)Cc6ccccc6)c5)nc5n4CCS5)n3)cc2)CC1. The summed E-state index contributed by atoms with van der Waals surface area (Å²) in [6, 6.07) is 28.0. The van der Waals surface area contributed by atoms with Gasteiger partial charge in [-0.25, -0.2) is 15.0 Å². The first-order chi connectivity index (χ1) is 23.0. The molecule has 10 nitrogen and oxygen atoms in total. The topological polar surface area (TPSA) is 117 Å². The number of fused-ring (bicyclic) bond motifs is 1. The Labute approximate surface area is 278 Å². The number of imidazole rings is 1. The van der Waals surface area contributed by atoms with E-state index in [0.29, 0.717) is 12.4 Å². The summed E-state index contributed by atoms with van der Waals surface area (Å²) in [5.41, 5.74) is 7.18. The van der Waals surface area contributed by atoms with E-state index in [2.05, 4.69) is 42.5 Å².